The molecule has 32 heavy (non-hydrogen) atoms. The zero-order valence-corrected chi connectivity index (χ0v) is 18.6. The lowest BCUT2D eigenvalue weighted by Crippen LogP contribution is -2.32. The first kappa shape index (κ1) is 20.6. The van der Waals surface area contributed by atoms with Crippen molar-refractivity contribution < 1.29 is 19.4 Å². The summed E-state index contributed by atoms with van der Waals surface area (Å²) in [6.45, 7) is 0.709. The van der Waals surface area contributed by atoms with E-state index in [0.717, 1.165) is 40.8 Å². The lowest BCUT2D eigenvalue weighted by atomic mass is 9.80. The fourth-order valence-electron chi connectivity index (χ4n) is 5.35. The van der Waals surface area contributed by atoms with Gasteiger partial charge in [-0.15, -0.1) is 0 Å². The number of carbonyl (C=O) groups excluding carboxylic acids is 1. The van der Waals surface area contributed by atoms with Crippen molar-refractivity contribution in [1.29, 1.82) is 0 Å². The number of benzene rings is 2. The molecule has 0 spiro atoms. The number of aromatic nitrogens is 1. The van der Waals surface area contributed by atoms with Crippen LogP contribution < -0.4 is 4.74 Å². The Morgan fingerprint density at radius 2 is 1.84 bits per heavy atom. The second-order valence-corrected chi connectivity index (χ2v) is 9.03. The van der Waals surface area contributed by atoms with Crippen LogP contribution in [0, 0.1) is 0 Å². The fraction of sp³-hybridized carbons (Fsp3) is 0.385. The van der Waals surface area contributed by atoms with Gasteiger partial charge in [0, 0.05) is 30.1 Å². The molecule has 6 heteroatoms. The van der Waals surface area contributed by atoms with E-state index in [-0.39, 0.29) is 18.0 Å². The van der Waals surface area contributed by atoms with E-state index in [4.69, 9.17) is 4.74 Å². The minimum atomic E-state index is -0.968. The largest absolute Gasteiger partial charge is 0.497 e. The van der Waals surface area contributed by atoms with Crippen LogP contribution in [0.4, 0.5) is 0 Å². The van der Waals surface area contributed by atoms with Crippen molar-refractivity contribution in [2.45, 2.75) is 51.1 Å². The maximum atomic E-state index is 13.0. The summed E-state index contributed by atoms with van der Waals surface area (Å²) in [5, 5.41) is 10.5. The first-order valence-electron chi connectivity index (χ1n) is 11.3. The molecule has 6 nitrogen and oxygen atoms in total. The van der Waals surface area contributed by atoms with E-state index in [1.807, 2.05) is 23.7 Å². The van der Waals surface area contributed by atoms with Crippen molar-refractivity contribution >= 4 is 22.8 Å². The number of hydrogen-bond acceptors (Lipinski definition) is 3. The van der Waals surface area contributed by atoms with Gasteiger partial charge in [-0.2, -0.15) is 0 Å². The number of rotatable bonds is 3. The molecule has 0 bridgehead atoms. The maximum absolute atomic E-state index is 13.0. The Balaban J connectivity index is 1.81. The Morgan fingerprint density at radius 1 is 1.06 bits per heavy atom. The molecule has 0 unspecified atom stereocenters. The van der Waals surface area contributed by atoms with Crippen molar-refractivity contribution in [3.63, 3.8) is 0 Å². The van der Waals surface area contributed by atoms with E-state index in [1.165, 1.54) is 30.4 Å². The van der Waals surface area contributed by atoms with Crippen LogP contribution in [0.5, 0.6) is 5.75 Å². The minimum absolute atomic E-state index is 0.00263. The van der Waals surface area contributed by atoms with E-state index in [2.05, 4.69) is 12.1 Å². The van der Waals surface area contributed by atoms with E-state index in [1.54, 1.807) is 24.1 Å². The highest BCUT2D eigenvalue weighted by Gasteiger charge is 2.28. The van der Waals surface area contributed by atoms with Crippen molar-refractivity contribution in [2.24, 2.45) is 0 Å². The van der Waals surface area contributed by atoms with Gasteiger partial charge < -0.3 is 19.3 Å². The molecule has 1 amide bonds. The standard InChI is InChI=1S/C26H28N2O4/c1-27-14-19-10-20(32-2)13-21(16-6-4-3-5-7-16)25(19)23-11-17-8-9-18(26(30)31)12-22(17)28(23)15-24(27)29/h8-13,16H,3-7,14-15H2,1-2H3,(H,30,31). The van der Waals surface area contributed by atoms with Gasteiger partial charge in [0.15, 0.2) is 0 Å². The quantitative estimate of drug-likeness (QED) is 0.630. The second-order valence-electron chi connectivity index (χ2n) is 9.03. The van der Waals surface area contributed by atoms with Gasteiger partial charge in [-0.25, -0.2) is 4.79 Å². The second kappa shape index (κ2) is 8.01. The number of hydrogen-bond donors (Lipinski definition) is 1. The Bertz CT molecular complexity index is 1220. The summed E-state index contributed by atoms with van der Waals surface area (Å²) >= 11 is 0. The van der Waals surface area contributed by atoms with Crippen molar-refractivity contribution in [3.05, 3.63) is 53.1 Å². The third-order valence-corrected chi connectivity index (χ3v) is 7.04. The van der Waals surface area contributed by atoms with Crippen LogP contribution in [0.25, 0.3) is 22.2 Å². The van der Waals surface area contributed by atoms with Crippen LogP contribution in [0.3, 0.4) is 0 Å². The van der Waals surface area contributed by atoms with E-state index in [0.29, 0.717) is 12.5 Å². The van der Waals surface area contributed by atoms with Crippen LogP contribution in [-0.4, -0.2) is 40.6 Å². The van der Waals surface area contributed by atoms with Gasteiger partial charge in [-0.1, -0.05) is 25.3 Å². The highest BCUT2D eigenvalue weighted by atomic mass is 16.5. The lowest BCUT2D eigenvalue weighted by Gasteiger charge is -2.30. The predicted octanol–water partition coefficient (Wildman–Crippen LogP) is 5.03. The first-order valence-corrected chi connectivity index (χ1v) is 11.3. The Hall–Kier alpha value is -3.28. The zero-order chi connectivity index (χ0) is 22.4. The molecule has 2 aliphatic rings. The molecule has 1 N–H and O–H groups in total. The monoisotopic (exact) mass is 432 g/mol. The van der Waals surface area contributed by atoms with Crippen LogP contribution in [-0.2, 0) is 17.9 Å². The first-order chi connectivity index (χ1) is 15.5. The topological polar surface area (TPSA) is 71.8 Å². The van der Waals surface area contributed by atoms with Crippen molar-refractivity contribution in [3.8, 4) is 17.0 Å². The molecule has 1 aliphatic carbocycles. The number of aromatic carboxylic acids is 1. The van der Waals surface area contributed by atoms with E-state index >= 15 is 0 Å². The number of ether oxygens (including phenoxy) is 1. The molecule has 0 saturated heterocycles. The number of carboxylic acids is 1. The number of methoxy groups -OCH3 is 1. The summed E-state index contributed by atoms with van der Waals surface area (Å²) in [6, 6.07) is 11.5. The molecule has 1 aliphatic heterocycles. The summed E-state index contributed by atoms with van der Waals surface area (Å²) in [6.07, 6.45) is 6.02. The number of carbonyl (C=O) groups is 2. The average molecular weight is 433 g/mol. The maximum Gasteiger partial charge on any atom is 0.335 e. The van der Waals surface area contributed by atoms with Crippen LogP contribution in [0.1, 0.15) is 59.5 Å². The van der Waals surface area contributed by atoms with Crippen LogP contribution >= 0.6 is 0 Å². The Kier molecular flexibility index (Phi) is 5.16. The summed E-state index contributed by atoms with van der Waals surface area (Å²) in [7, 11) is 3.51. The van der Waals surface area contributed by atoms with Crippen LogP contribution in [0.2, 0.25) is 0 Å². The van der Waals surface area contributed by atoms with Gasteiger partial charge in [-0.3, -0.25) is 4.79 Å². The number of fused-ring (bicyclic) bond motifs is 5. The van der Waals surface area contributed by atoms with Crippen molar-refractivity contribution in [1.82, 2.24) is 9.47 Å². The summed E-state index contributed by atoms with van der Waals surface area (Å²) in [5.41, 5.74) is 5.52. The smallest absolute Gasteiger partial charge is 0.335 e. The Morgan fingerprint density at radius 3 is 2.56 bits per heavy atom. The van der Waals surface area contributed by atoms with Gasteiger partial charge in [0.1, 0.15) is 12.3 Å². The molecule has 3 aromatic rings. The summed E-state index contributed by atoms with van der Waals surface area (Å²) in [4.78, 5) is 26.4. The third kappa shape index (κ3) is 3.44. The SMILES string of the molecule is COc1cc2c(c(C3CCCCC3)c1)-c1cc3ccc(C(=O)O)cc3n1CC(=O)N(C)C2. The molecule has 2 aromatic carbocycles. The van der Waals surface area contributed by atoms with Gasteiger partial charge >= 0.3 is 5.97 Å². The normalized spacial score (nSPS) is 16.9. The molecule has 5 rings (SSSR count). The molecule has 166 valence electrons. The van der Waals surface area contributed by atoms with Crippen molar-refractivity contribution in [2.75, 3.05) is 14.2 Å². The predicted molar refractivity (Wildman–Crippen MR) is 123 cm³/mol. The van der Waals surface area contributed by atoms with Gasteiger partial charge in [0.05, 0.1) is 18.4 Å². The number of likely N-dealkylation sites (N-methyl/N-ethyl adjacent to an activating group) is 1. The molecular weight excluding hydrogens is 404 g/mol. The molecule has 1 aromatic heterocycles. The minimum Gasteiger partial charge on any atom is -0.497 e. The molecule has 1 fully saturated rings. The highest BCUT2D eigenvalue weighted by molar-refractivity contribution is 5.97. The summed E-state index contributed by atoms with van der Waals surface area (Å²) in [5.74, 6) is 0.303. The van der Waals surface area contributed by atoms with E-state index < -0.39 is 5.97 Å². The number of carboxylic acid groups (broad SMARTS) is 1. The molecule has 0 atom stereocenters. The molecule has 2 heterocycles. The third-order valence-electron chi connectivity index (χ3n) is 7.04. The molecular formula is C26H28N2O4. The van der Waals surface area contributed by atoms with Gasteiger partial charge in [0.25, 0.3) is 0 Å². The Labute approximate surface area is 187 Å². The number of nitrogens with zero attached hydrogens (tertiary/aromatic N) is 2. The zero-order valence-electron chi connectivity index (χ0n) is 18.6. The molecule has 1 saturated carbocycles. The average Bonchev–Trinajstić information content (AvgIpc) is 3.15. The summed E-state index contributed by atoms with van der Waals surface area (Å²) < 4.78 is 7.66. The highest BCUT2D eigenvalue weighted by Crippen LogP contribution is 2.44. The lowest BCUT2D eigenvalue weighted by molar-refractivity contribution is -0.131. The van der Waals surface area contributed by atoms with Gasteiger partial charge in [0.2, 0.25) is 5.91 Å². The molecule has 0 radical (unpaired) electrons. The number of amides is 1. The fourth-order valence-corrected chi connectivity index (χ4v) is 5.35. The van der Waals surface area contributed by atoms with Crippen LogP contribution in [0.15, 0.2) is 36.4 Å². The van der Waals surface area contributed by atoms with Gasteiger partial charge in [-0.05, 0) is 60.2 Å². The van der Waals surface area contributed by atoms with E-state index in [9.17, 15) is 14.7 Å².